The highest BCUT2D eigenvalue weighted by Gasteiger charge is 2.41. The molecule has 2 aliphatic rings. The highest BCUT2D eigenvalue weighted by molar-refractivity contribution is 5.93. The van der Waals surface area contributed by atoms with Gasteiger partial charge in [0, 0.05) is 43.2 Å². The maximum atomic E-state index is 12.9. The van der Waals surface area contributed by atoms with Crippen molar-refractivity contribution >= 4 is 23.4 Å². The number of nitrogens with zero attached hydrogens (tertiary/aromatic N) is 2. The Labute approximate surface area is 186 Å². The Hall–Kier alpha value is -2.37. The smallest absolute Gasteiger partial charge is 0.227 e. The van der Waals surface area contributed by atoms with Crippen molar-refractivity contribution in [3.63, 3.8) is 0 Å². The van der Waals surface area contributed by atoms with E-state index in [4.69, 9.17) is 0 Å². The first kappa shape index (κ1) is 23.3. The van der Waals surface area contributed by atoms with Crippen LogP contribution >= 0.6 is 0 Å². The minimum atomic E-state index is -0.261. The number of anilines is 1. The molecule has 1 N–H and O–H groups in total. The molecule has 0 aliphatic carbocycles. The number of hydrogen-bond donors (Lipinski definition) is 1. The molecule has 0 aromatic heterocycles. The number of aryl methyl sites for hydroxylation is 1. The van der Waals surface area contributed by atoms with Crippen molar-refractivity contribution in [3.05, 3.63) is 29.8 Å². The number of carbonyl (C=O) groups is 3. The van der Waals surface area contributed by atoms with Gasteiger partial charge in [0.2, 0.25) is 17.7 Å². The van der Waals surface area contributed by atoms with Crippen LogP contribution in [0.3, 0.4) is 0 Å². The fourth-order valence-electron chi connectivity index (χ4n) is 4.52. The Morgan fingerprint density at radius 2 is 1.71 bits per heavy atom. The van der Waals surface area contributed by atoms with Gasteiger partial charge < -0.3 is 15.1 Å². The number of carbonyl (C=O) groups excluding carboxylic acids is 3. The number of hydrogen-bond acceptors (Lipinski definition) is 3. The molecule has 0 bridgehead atoms. The van der Waals surface area contributed by atoms with Crippen molar-refractivity contribution in [2.24, 2.45) is 11.8 Å². The third-order valence-corrected chi connectivity index (χ3v) is 6.50. The lowest BCUT2D eigenvalue weighted by Gasteiger charge is -2.34. The maximum absolute atomic E-state index is 12.9. The lowest BCUT2D eigenvalue weighted by Crippen LogP contribution is -2.46. The number of piperidine rings is 1. The molecule has 31 heavy (non-hydrogen) atoms. The van der Waals surface area contributed by atoms with Crippen LogP contribution in [0, 0.1) is 11.8 Å². The van der Waals surface area contributed by atoms with Crippen molar-refractivity contribution in [1.29, 1.82) is 0 Å². The Morgan fingerprint density at radius 1 is 1.06 bits per heavy atom. The fourth-order valence-corrected chi connectivity index (χ4v) is 4.52. The molecule has 3 rings (SSSR count). The predicted octanol–water partition coefficient (Wildman–Crippen LogP) is 3.85. The van der Waals surface area contributed by atoms with Gasteiger partial charge in [0.15, 0.2) is 0 Å². The first-order valence-electron chi connectivity index (χ1n) is 11.7. The van der Waals surface area contributed by atoms with Crippen molar-refractivity contribution in [2.75, 3.05) is 25.0 Å². The fraction of sp³-hybridized carbons (Fsp3) is 0.640. The average molecular weight is 428 g/mol. The first-order chi connectivity index (χ1) is 14.7. The highest BCUT2D eigenvalue weighted by Crippen LogP contribution is 2.29. The van der Waals surface area contributed by atoms with Crippen molar-refractivity contribution in [1.82, 2.24) is 9.80 Å². The SMILES string of the molecule is CCCCc1ccc(NC(=O)C2CCN(C(=O)C3CC(=O)N(C(C)(C)C)C3)CC2)cc1. The summed E-state index contributed by atoms with van der Waals surface area (Å²) in [5.41, 5.74) is 1.86. The third kappa shape index (κ3) is 5.86. The molecule has 2 aliphatic heterocycles. The van der Waals surface area contributed by atoms with Crippen LogP contribution in [-0.4, -0.2) is 52.7 Å². The first-order valence-corrected chi connectivity index (χ1v) is 11.7. The Balaban J connectivity index is 1.47. The van der Waals surface area contributed by atoms with E-state index in [0.717, 1.165) is 12.1 Å². The predicted molar refractivity (Wildman–Crippen MR) is 123 cm³/mol. The quantitative estimate of drug-likeness (QED) is 0.750. The van der Waals surface area contributed by atoms with E-state index in [0.29, 0.717) is 38.9 Å². The summed E-state index contributed by atoms with van der Waals surface area (Å²) in [4.78, 5) is 41.6. The van der Waals surface area contributed by atoms with Crippen LogP contribution in [0.2, 0.25) is 0 Å². The molecular formula is C25H37N3O3. The average Bonchev–Trinajstić information content (AvgIpc) is 3.15. The Bertz CT molecular complexity index is 789. The number of amides is 3. The van der Waals surface area contributed by atoms with E-state index in [-0.39, 0.29) is 35.1 Å². The van der Waals surface area contributed by atoms with E-state index < -0.39 is 0 Å². The summed E-state index contributed by atoms with van der Waals surface area (Å²) >= 11 is 0. The zero-order chi connectivity index (χ0) is 22.6. The molecule has 2 fully saturated rings. The van der Waals surface area contributed by atoms with Gasteiger partial charge in [-0.3, -0.25) is 14.4 Å². The molecule has 6 heteroatoms. The number of unbranched alkanes of at least 4 members (excludes halogenated alkanes) is 1. The minimum absolute atomic E-state index is 0.0309. The minimum Gasteiger partial charge on any atom is -0.342 e. The molecule has 1 aromatic rings. The molecular weight excluding hydrogens is 390 g/mol. The lowest BCUT2D eigenvalue weighted by molar-refractivity contribution is -0.138. The molecule has 0 spiro atoms. The maximum Gasteiger partial charge on any atom is 0.227 e. The summed E-state index contributed by atoms with van der Waals surface area (Å²) in [5.74, 6) is -0.200. The number of benzene rings is 1. The van der Waals surface area contributed by atoms with Gasteiger partial charge in [0.05, 0.1) is 5.92 Å². The van der Waals surface area contributed by atoms with E-state index in [1.807, 2.05) is 42.7 Å². The topological polar surface area (TPSA) is 69.7 Å². The Morgan fingerprint density at radius 3 is 2.26 bits per heavy atom. The molecule has 0 saturated carbocycles. The Kier molecular flexibility index (Phi) is 7.39. The largest absolute Gasteiger partial charge is 0.342 e. The van der Waals surface area contributed by atoms with Gasteiger partial charge in [0.25, 0.3) is 0 Å². The van der Waals surface area contributed by atoms with Gasteiger partial charge in [-0.2, -0.15) is 0 Å². The molecule has 1 aromatic carbocycles. The van der Waals surface area contributed by atoms with Crippen LogP contribution in [0.1, 0.15) is 65.4 Å². The van der Waals surface area contributed by atoms with Gasteiger partial charge in [-0.1, -0.05) is 25.5 Å². The number of nitrogens with one attached hydrogen (secondary N) is 1. The van der Waals surface area contributed by atoms with E-state index in [9.17, 15) is 14.4 Å². The second-order valence-corrected chi connectivity index (χ2v) is 9.97. The van der Waals surface area contributed by atoms with Gasteiger partial charge >= 0.3 is 0 Å². The summed E-state index contributed by atoms with van der Waals surface area (Å²) in [6.07, 6.45) is 5.03. The molecule has 6 nitrogen and oxygen atoms in total. The van der Waals surface area contributed by atoms with E-state index in [1.54, 1.807) is 0 Å². The van der Waals surface area contributed by atoms with Crippen LogP contribution in [0.4, 0.5) is 5.69 Å². The van der Waals surface area contributed by atoms with Gasteiger partial charge in [-0.25, -0.2) is 0 Å². The summed E-state index contributed by atoms with van der Waals surface area (Å²) < 4.78 is 0. The zero-order valence-electron chi connectivity index (χ0n) is 19.4. The van der Waals surface area contributed by atoms with Crippen LogP contribution in [0.5, 0.6) is 0 Å². The summed E-state index contributed by atoms with van der Waals surface area (Å²) in [7, 11) is 0. The molecule has 1 unspecified atom stereocenters. The van der Waals surface area contributed by atoms with Crippen LogP contribution in [0.15, 0.2) is 24.3 Å². The molecule has 1 atom stereocenters. The van der Waals surface area contributed by atoms with Crippen molar-refractivity contribution in [3.8, 4) is 0 Å². The third-order valence-electron chi connectivity index (χ3n) is 6.50. The highest BCUT2D eigenvalue weighted by atomic mass is 16.2. The number of rotatable bonds is 6. The summed E-state index contributed by atoms with van der Waals surface area (Å²) in [5, 5.41) is 3.03. The zero-order valence-corrected chi connectivity index (χ0v) is 19.4. The van der Waals surface area contributed by atoms with E-state index in [2.05, 4.69) is 24.4 Å². The van der Waals surface area contributed by atoms with Crippen molar-refractivity contribution in [2.45, 2.75) is 71.8 Å². The molecule has 0 radical (unpaired) electrons. The van der Waals surface area contributed by atoms with E-state index in [1.165, 1.54) is 18.4 Å². The van der Waals surface area contributed by atoms with E-state index >= 15 is 0 Å². The molecule has 3 amide bonds. The molecule has 2 heterocycles. The normalized spacial score (nSPS) is 20.3. The second-order valence-electron chi connectivity index (χ2n) is 9.97. The van der Waals surface area contributed by atoms with Gasteiger partial charge in [-0.05, 0) is 64.2 Å². The van der Waals surface area contributed by atoms with Crippen LogP contribution in [-0.2, 0) is 20.8 Å². The molecule has 2 saturated heterocycles. The van der Waals surface area contributed by atoms with Crippen LogP contribution in [0.25, 0.3) is 0 Å². The standard InChI is InChI=1S/C25H37N3O3/c1-5-6-7-18-8-10-21(11-9-18)26-23(30)19-12-14-27(15-13-19)24(31)20-16-22(29)28(17-20)25(2,3)4/h8-11,19-20H,5-7,12-17H2,1-4H3,(H,26,30). The summed E-state index contributed by atoms with van der Waals surface area (Å²) in [6.45, 7) is 9.83. The monoisotopic (exact) mass is 427 g/mol. The van der Waals surface area contributed by atoms with Gasteiger partial charge in [0.1, 0.15) is 0 Å². The summed E-state index contributed by atoms with van der Waals surface area (Å²) in [6, 6.07) is 8.10. The lowest BCUT2D eigenvalue weighted by atomic mass is 9.94. The van der Waals surface area contributed by atoms with Crippen LogP contribution < -0.4 is 5.32 Å². The number of likely N-dealkylation sites (tertiary alicyclic amines) is 2. The van der Waals surface area contributed by atoms with Crippen molar-refractivity contribution < 1.29 is 14.4 Å². The van der Waals surface area contributed by atoms with Gasteiger partial charge in [-0.15, -0.1) is 0 Å². The molecule has 170 valence electrons. The second kappa shape index (κ2) is 9.84.